The van der Waals surface area contributed by atoms with Gasteiger partial charge in [0.15, 0.2) is 6.10 Å². The fraction of sp³-hybridized carbons (Fsp3) is 0.389. The highest BCUT2D eigenvalue weighted by Gasteiger charge is 2.48. The van der Waals surface area contributed by atoms with E-state index in [9.17, 15) is 20.1 Å². The Bertz CT molecular complexity index is 605. The number of esters is 1. The Morgan fingerprint density at radius 2 is 2.00 bits per heavy atom. The molecule has 6 nitrogen and oxygen atoms in total. The summed E-state index contributed by atoms with van der Waals surface area (Å²) in [5, 5.41) is 30.8. The topological polar surface area (TPSA) is 96.2 Å². The maximum absolute atomic E-state index is 12.3. The van der Waals surface area contributed by atoms with Crippen molar-refractivity contribution in [2.24, 2.45) is 0 Å². The lowest BCUT2D eigenvalue weighted by atomic mass is 9.90. The molecule has 3 N–H and O–H groups in total. The molecule has 2 rings (SSSR count). The van der Waals surface area contributed by atoms with Gasteiger partial charge in [0.2, 0.25) is 0 Å². The minimum atomic E-state index is -1.41. The molecular weight excluding hydrogens is 439 g/mol. The second kappa shape index (κ2) is 9.44. The molecule has 0 saturated carbocycles. The first-order valence-corrected chi connectivity index (χ1v) is 9.07. The van der Waals surface area contributed by atoms with E-state index in [1.807, 2.05) is 22.6 Å². The molecule has 0 amide bonds. The van der Waals surface area contributed by atoms with Gasteiger partial charge in [-0.15, -0.1) is 6.58 Å². The molecule has 25 heavy (non-hydrogen) atoms. The number of hydrogen-bond donors (Lipinski definition) is 3. The first-order valence-electron chi connectivity index (χ1n) is 7.83. The predicted molar refractivity (Wildman–Crippen MR) is 100 cm³/mol. The highest BCUT2D eigenvalue weighted by Crippen LogP contribution is 2.28. The third-order valence-corrected chi connectivity index (χ3v) is 4.39. The van der Waals surface area contributed by atoms with Crippen molar-refractivity contribution in [1.82, 2.24) is 0 Å². The van der Waals surface area contributed by atoms with Crippen LogP contribution in [0.25, 0.3) is 0 Å². The van der Waals surface area contributed by atoms with Gasteiger partial charge in [0, 0.05) is 0 Å². The summed E-state index contributed by atoms with van der Waals surface area (Å²) in [6, 6.07) is 8.35. The zero-order valence-corrected chi connectivity index (χ0v) is 15.6. The molecule has 6 atom stereocenters. The van der Waals surface area contributed by atoms with Gasteiger partial charge in [0.05, 0.1) is 5.56 Å². The van der Waals surface area contributed by atoms with E-state index >= 15 is 0 Å². The number of aliphatic hydroxyl groups excluding tert-OH is 3. The fourth-order valence-electron chi connectivity index (χ4n) is 2.70. The first kappa shape index (κ1) is 20.1. The third kappa shape index (κ3) is 4.89. The predicted octanol–water partition coefficient (Wildman–Crippen LogP) is 1.59. The maximum Gasteiger partial charge on any atom is 0.338 e. The van der Waals surface area contributed by atoms with Crippen LogP contribution in [-0.4, -0.2) is 57.9 Å². The van der Waals surface area contributed by atoms with Crippen LogP contribution in [0.1, 0.15) is 16.8 Å². The van der Waals surface area contributed by atoms with Crippen molar-refractivity contribution in [1.29, 1.82) is 0 Å². The number of ether oxygens (including phenoxy) is 2. The van der Waals surface area contributed by atoms with Crippen molar-refractivity contribution in [3.8, 4) is 0 Å². The van der Waals surface area contributed by atoms with Gasteiger partial charge in [0.1, 0.15) is 30.5 Å². The van der Waals surface area contributed by atoms with Crippen LogP contribution in [0.4, 0.5) is 0 Å². The fourth-order valence-corrected chi connectivity index (χ4v) is 3.13. The second-order valence-corrected chi connectivity index (χ2v) is 6.41. The highest BCUT2D eigenvalue weighted by molar-refractivity contribution is 14.1. The maximum atomic E-state index is 12.3. The Hall–Kier alpha value is -1.26. The molecule has 1 saturated heterocycles. The summed E-state index contributed by atoms with van der Waals surface area (Å²) < 4.78 is 12.7. The average Bonchev–Trinajstić information content (AvgIpc) is 2.62. The first-order chi connectivity index (χ1) is 12.0. The summed E-state index contributed by atoms with van der Waals surface area (Å²) in [5.74, 6) is -0.624. The summed E-state index contributed by atoms with van der Waals surface area (Å²) >= 11 is 1.93. The lowest BCUT2D eigenvalue weighted by Gasteiger charge is -2.43. The van der Waals surface area contributed by atoms with E-state index in [1.165, 1.54) is 6.08 Å². The van der Waals surface area contributed by atoms with E-state index in [-0.39, 0.29) is 6.42 Å². The van der Waals surface area contributed by atoms with Gasteiger partial charge < -0.3 is 24.8 Å². The monoisotopic (exact) mass is 460 g/mol. The largest absolute Gasteiger partial charge is 0.453 e. The van der Waals surface area contributed by atoms with Gasteiger partial charge in [-0.3, -0.25) is 0 Å². The molecule has 1 aromatic carbocycles. The standard InChI is InChI=1S/C18H21IO6/c1-2-6-13-17(25-18(23)11-7-4-3-5-8-11)15(22)14(21)16(24-13)12(20)9-10-19/h2-5,7-10,12-17,20-22H,1,6H2/b10-9+/t12-,13-,14-,15+,16-,17-/m0/s1. The molecule has 1 aromatic rings. The average molecular weight is 460 g/mol. The summed E-state index contributed by atoms with van der Waals surface area (Å²) in [4.78, 5) is 12.3. The number of carbonyl (C=O) groups is 1. The number of rotatable bonds is 6. The van der Waals surface area contributed by atoms with Crippen molar-refractivity contribution < 1.29 is 29.6 Å². The molecule has 0 aromatic heterocycles. The summed E-state index contributed by atoms with van der Waals surface area (Å²) in [6.45, 7) is 3.63. The molecule has 1 aliphatic rings. The number of aliphatic hydroxyl groups is 3. The number of benzene rings is 1. The molecule has 0 radical (unpaired) electrons. The molecule has 0 spiro atoms. The quantitative estimate of drug-likeness (QED) is 0.339. The molecule has 1 fully saturated rings. The zero-order valence-electron chi connectivity index (χ0n) is 13.4. The highest BCUT2D eigenvalue weighted by atomic mass is 127. The number of carbonyl (C=O) groups excluding carboxylic acids is 1. The van der Waals surface area contributed by atoms with Crippen LogP contribution in [0, 0.1) is 0 Å². The van der Waals surface area contributed by atoms with E-state index < -0.39 is 42.6 Å². The van der Waals surface area contributed by atoms with Gasteiger partial charge in [-0.25, -0.2) is 4.79 Å². The van der Waals surface area contributed by atoms with Gasteiger partial charge in [-0.2, -0.15) is 0 Å². The smallest absolute Gasteiger partial charge is 0.338 e. The van der Waals surface area contributed by atoms with E-state index in [1.54, 1.807) is 40.5 Å². The Labute approximate surface area is 159 Å². The van der Waals surface area contributed by atoms with Gasteiger partial charge in [-0.05, 0) is 28.7 Å². The molecule has 0 unspecified atom stereocenters. The molecule has 0 aliphatic carbocycles. The van der Waals surface area contributed by atoms with Gasteiger partial charge >= 0.3 is 5.97 Å². The van der Waals surface area contributed by atoms with E-state index in [0.29, 0.717) is 5.56 Å². The molecule has 1 aliphatic heterocycles. The van der Waals surface area contributed by atoms with Crippen molar-refractivity contribution in [3.05, 3.63) is 58.7 Å². The molecular formula is C18H21IO6. The normalized spacial score (nSPS) is 30.8. The second-order valence-electron chi connectivity index (χ2n) is 5.69. The van der Waals surface area contributed by atoms with Crippen molar-refractivity contribution in [2.75, 3.05) is 0 Å². The van der Waals surface area contributed by atoms with E-state index in [0.717, 1.165) is 0 Å². The van der Waals surface area contributed by atoms with Crippen molar-refractivity contribution >= 4 is 28.6 Å². The van der Waals surface area contributed by atoms with Crippen LogP contribution >= 0.6 is 22.6 Å². The summed E-state index contributed by atoms with van der Waals surface area (Å²) in [5.41, 5.74) is 0.330. The summed E-state index contributed by atoms with van der Waals surface area (Å²) in [6.07, 6.45) is -3.44. The van der Waals surface area contributed by atoms with Crippen LogP contribution in [0.3, 0.4) is 0 Å². The Balaban J connectivity index is 2.18. The Morgan fingerprint density at radius 3 is 2.60 bits per heavy atom. The number of hydrogen-bond acceptors (Lipinski definition) is 6. The van der Waals surface area contributed by atoms with Crippen LogP contribution in [0.2, 0.25) is 0 Å². The zero-order chi connectivity index (χ0) is 18.4. The van der Waals surface area contributed by atoms with Crippen molar-refractivity contribution in [2.45, 2.75) is 43.0 Å². The van der Waals surface area contributed by atoms with Crippen LogP contribution in [0.5, 0.6) is 0 Å². The van der Waals surface area contributed by atoms with Crippen molar-refractivity contribution in [3.63, 3.8) is 0 Å². The molecule has 136 valence electrons. The van der Waals surface area contributed by atoms with Gasteiger partial charge in [-0.1, -0.05) is 46.9 Å². The molecule has 0 bridgehead atoms. The molecule has 7 heteroatoms. The van der Waals surface area contributed by atoms with Crippen LogP contribution in [-0.2, 0) is 9.47 Å². The molecule has 1 heterocycles. The minimum Gasteiger partial charge on any atom is -0.453 e. The lowest BCUT2D eigenvalue weighted by molar-refractivity contribution is -0.236. The summed E-state index contributed by atoms with van der Waals surface area (Å²) in [7, 11) is 0. The van der Waals surface area contributed by atoms with Crippen LogP contribution in [0.15, 0.2) is 53.1 Å². The Morgan fingerprint density at radius 1 is 1.32 bits per heavy atom. The van der Waals surface area contributed by atoms with E-state index in [4.69, 9.17) is 9.47 Å². The lowest BCUT2D eigenvalue weighted by Crippen LogP contribution is -2.61. The number of halogens is 1. The minimum absolute atomic E-state index is 0.285. The van der Waals surface area contributed by atoms with Gasteiger partial charge in [0.25, 0.3) is 0 Å². The SMILES string of the molecule is C=CC[C@@H]1O[C@@H]([C@@H](O)/C=C/I)[C@@H](O)[C@@H](O)[C@H]1OC(=O)c1ccccc1. The third-order valence-electron chi connectivity index (χ3n) is 3.98. The van der Waals surface area contributed by atoms with Crippen LogP contribution < -0.4 is 0 Å². The van der Waals surface area contributed by atoms with E-state index in [2.05, 4.69) is 6.58 Å². The Kier molecular flexibility index (Phi) is 7.57.